The maximum absolute atomic E-state index is 12.1. The van der Waals surface area contributed by atoms with Crippen LogP contribution in [0.1, 0.15) is 12.8 Å². The number of hydrogen-bond acceptors (Lipinski definition) is 5. The van der Waals surface area contributed by atoms with Gasteiger partial charge in [-0.3, -0.25) is 14.4 Å². The summed E-state index contributed by atoms with van der Waals surface area (Å²) in [5.41, 5.74) is 5.52. The molecule has 1 saturated heterocycles. The van der Waals surface area contributed by atoms with E-state index in [4.69, 9.17) is 10.5 Å². The summed E-state index contributed by atoms with van der Waals surface area (Å²) < 4.78 is 4.99. The maximum atomic E-state index is 12.1. The molecule has 1 aliphatic rings. The van der Waals surface area contributed by atoms with Crippen LogP contribution in [0.3, 0.4) is 0 Å². The number of amides is 3. The molecule has 21 heavy (non-hydrogen) atoms. The molecule has 1 atom stereocenters. The van der Waals surface area contributed by atoms with Crippen LogP contribution in [0.2, 0.25) is 0 Å². The Kier molecular flexibility index (Phi) is 4.36. The highest BCUT2D eigenvalue weighted by Gasteiger charge is 2.35. The van der Waals surface area contributed by atoms with Crippen molar-refractivity contribution in [3.8, 4) is 5.88 Å². The topological polar surface area (TPSA) is 115 Å². The number of carbonyl (C=O) groups is 3. The Bertz CT molecular complexity index is 575. The molecule has 0 aromatic carbocycles. The summed E-state index contributed by atoms with van der Waals surface area (Å²) in [6.45, 7) is 0.337. The predicted molar refractivity (Wildman–Crippen MR) is 73.3 cm³/mol. The van der Waals surface area contributed by atoms with Crippen molar-refractivity contribution in [1.29, 1.82) is 0 Å². The van der Waals surface area contributed by atoms with Crippen LogP contribution in [0.15, 0.2) is 18.3 Å². The Hall–Kier alpha value is -2.64. The average Bonchev–Trinajstić information content (AvgIpc) is 2.96. The lowest BCUT2D eigenvalue weighted by Crippen LogP contribution is -2.47. The lowest BCUT2D eigenvalue weighted by molar-refractivity contribution is -0.145. The van der Waals surface area contributed by atoms with Crippen molar-refractivity contribution in [3.63, 3.8) is 0 Å². The maximum Gasteiger partial charge on any atom is 0.314 e. The molecule has 0 unspecified atom stereocenters. The van der Waals surface area contributed by atoms with Crippen LogP contribution in [0.5, 0.6) is 5.88 Å². The van der Waals surface area contributed by atoms with E-state index in [0.29, 0.717) is 19.4 Å². The van der Waals surface area contributed by atoms with Gasteiger partial charge in [0.05, 0.1) is 7.11 Å². The first-order chi connectivity index (χ1) is 10.0. The summed E-state index contributed by atoms with van der Waals surface area (Å²) >= 11 is 0. The largest absolute Gasteiger partial charge is 0.480 e. The number of nitrogens with two attached hydrogens (primary N) is 1. The van der Waals surface area contributed by atoms with Gasteiger partial charge in [-0.15, -0.1) is 0 Å². The van der Waals surface area contributed by atoms with E-state index in [1.807, 2.05) is 0 Å². The molecule has 2 heterocycles. The molecule has 0 spiro atoms. The van der Waals surface area contributed by atoms with Crippen LogP contribution >= 0.6 is 0 Å². The van der Waals surface area contributed by atoms with Gasteiger partial charge >= 0.3 is 11.8 Å². The highest BCUT2D eigenvalue weighted by molar-refractivity contribution is 6.40. The van der Waals surface area contributed by atoms with Crippen molar-refractivity contribution in [2.45, 2.75) is 18.9 Å². The first kappa shape index (κ1) is 14.8. The highest BCUT2D eigenvalue weighted by Crippen LogP contribution is 2.21. The number of methoxy groups -OCH3 is 1. The number of nitrogens with one attached hydrogen (secondary N) is 1. The number of likely N-dealkylation sites (tertiary alicyclic amines) is 1. The molecule has 0 bridgehead atoms. The number of aromatic nitrogens is 1. The van der Waals surface area contributed by atoms with E-state index in [9.17, 15) is 14.4 Å². The fourth-order valence-electron chi connectivity index (χ4n) is 2.26. The SMILES string of the molecule is COc1ncccc1NC(=O)C(=O)N1CCC[C@@H]1C(N)=O. The summed E-state index contributed by atoms with van der Waals surface area (Å²) in [6, 6.07) is 2.44. The van der Waals surface area contributed by atoms with E-state index in [-0.39, 0.29) is 11.6 Å². The Morgan fingerprint density at radius 2 is 2.24 bits per heavy atom. The second-order valence-electron chi connectivity index (χ2n) is 4.57. The van der Waals surface area contributed by atoms with Gasteiger partial charge in [0.2, 0.25) is 11.8 Å². The van der Waals surface area contributed by atoms with Gasteiger partial charge in [0, 0.05) is 12.7 Å². The number of pyridine rings is 1. The Balaban J connectivity index is 2.09. The minimum absolute atomic E-state index is 0.200. The lowest BCUT2D eigenvalue weighted by atomic mass is 10.2. The number of anilines is 1. The van der Waals surface area contributed by atoms with Gasteiger partial charge in [-0.1, -0.05) is 0 Å². The molecule has 8 nitrogen and oxygen atoms in total. The van der Waals surface area contributed by atoms with Crippen LogP contribution in [-0.2, 0) is 14.4 Å². The Labute approximate surface area is 121 Å². The van der Waals surface area contributed by atoms with Crippen LogP contribution in [0.25, 0.3) is 0 Å². The van der Waals surface area contributed by atoms with E-state index < -0.39 is 23.8 Å². The third-order valence-corrected chi connectivity index (χ3v) is 3.25. The summed E-state index contributed by atoms with van der Waals surface area (Å²) in [5, 5.41) is 2.43. The molecule has 1 aromatic rings. The number of carbonyl (C=O) groups excluding carboxylic acids is 3. The molecule has 3 amide bonds. The van der Waals surface area contributed by atoms with Gasteiger partial charge in [-0.2, -0.15) is 0 Å². The van der Waals surface area contributed by atoms with Gasteiger partial charge in [-0.05, 0) is 25.0 Å². The van der Waals surface area contributed by atoms with Crippen molar-refractivity contribution >= 4 is 23.4 Å². The molecular weight excluding hydrogens is 276 g/mol. The van der Waals surface area contributed by atoms with Gasteiger partial charge in [0.25, 0.3) is 0 Å². The van der Waals surface area contributed by atoms with Crippen LogP contribution < -0.4 is 15.8 Å². The molecule has 112 valence electrons. The minimum Gasteiger partial charge on any atom is -0.480 e. The van der Waals surface area contributed by atoms with E-state index in [1.54, 1.807) is 12.1 Å². The second-order valence-corrected chi connectivity index (χ2v) is 4.57. The van der Waals surface area contributed by atoms with Crippen molar-refractivity contribution in [2.75, 3.05) is 19.0 Å². The molecule has 0 saturated carbocycles. The summed E-state index contributed by atoms with van der Waals surface area (Å²) in [4.78, 5) is 40.5. The number of rotatable bonds is 3. The zero-order valence-electron chi connectivity index (χ0n) is 11.5. The van der Waals surface area contributed by atoms with E-state index in [1.165, 1.54) is 18.2 Å². The summed E-state index contributed by atoms with van der Waals surface area (Å²) in [6.07, 6.45) is 2.62. The van der Waals surface area contributed by atoms with E-state index >= 15 is 0 Å². The molecule has 1 fully saturated rings. The van der Waals surface area contributed by atoms with E-state index in [2.05, 4.69) is 10.3 Å². The third kappa shape index (κ3) is 3.10. The quantitative estimate of drug-likeness (QED) is 0.729. The Morgan fingerprint density at radius 3 is 2.90 bits per heavy atom. The fourth-order valence-corrected chi connectivity index (χ4v) is 2.26. The average molecular weight is 292 g/mol. The number of ether oxygens (including phenoxy) is 1. The monoisotopic (exact) mass is 292 g/mol. The molecule has 2 rings (SSSR count). The zero-order chi connectivity index (χ0) is 15.4. The van der Waals surface area contributed by atoms with Crippen molar-refractivity contribution < 1.29 is 19.1 Å². The third-order valence-electron chi connectivity index (χ3n) is 3.25. The standard InChI is InChI=1S/C13H16N4O4/c1-21-12-8(4-2-6-15-12)16-11(19)13(20)17-7-3-5-9(17)10(14)18/h2,4,6,9H,3,5,7H2,1H3,(H2,14,18)(H,16,19)/t9-/m1/s1. The van der Waals surface area contributed by atoms with Gasteiger partial charge in [0.1, 0.15) is 11.7 Å². The molecule has 1 aromatic heterocycles. The predicted octanol–water partition coefficient (Wildman–Crippen LogP) is -0.495. The number of hydrogen-bond donors (Lipinski definition) is 2. The van der Waals surface area contributed by atoms with Crippen LogP contribution in [-0.4, -0.2) is 47.3 Å². The van der Waals surface area contributed by atoms with Gasteiger partial charge < -0.3 is 20.7 Å². The van der Waals surface area contributed by atoms with Gasteiger partial charge in [0.15, 0.2) is 0 Å². The Morgan fingerprint density at radius 1 is 1.48 bits per heavy atom. The molecule has 3 N–H and O–H groups in total. The fraction of sp³-hybridized carbons (Fsp3) is 0.385. The second kappa shape index (κ2) is 6.21. The summed E-state index contributed by atoms with van der Waals surface area (Å²) in [7, 11) is 1.41. The first-order valence-corrected chi connectivity index (χ1v) is 6.45. The smallest absolute Gasteiger partial charge is 0.314 e. The first-order valence-electron chi connectivity index (χ1n) is 6.45. The normalized spacial score (nSPS) is 17.4. The lowest BCUT2D eigenvalue weighted by Gasteiger charge is -2.21. The minimum atomic E-state index is -0.852. The molecule has 1 aliphatic heterocycles. The van der Waals surface area contributed by atoms with Crippen LogP contribution in [0, 0.1) is 0 Å². The summed E-state index contributed by atoms with van der Waals surface area (Å²) in [5.74, 6) is -2.05. The van der Waals surface area contributed by atoms with E-state index in [0.717, 1.165) is 0 Å². The number of primary amides is 1. The van der Waals surface area contributed by atoms with Crippen molar-refractivity contribution in [1.82, 2.24) is 9.88 Å². The molecule has 0 radical (unpaired) electrons. The molecular formula is C13H16N4O4. The van der Waals surface area contributed by atoms with Gasteiger partial charge in [-0.25, -0.2) is 4.98 Å². The van der Waals surface area contributed by atoms with Crippen LogP contribution in [0.4, 0.5) is 5.69 Å². The zero-order valence-corrected chi connectivity index (χ0v) is 11.5. The number of nitrogens with zero attached hydrogens (tertiary/aromatic N) is 2. The van der Waals surface area contributed by atoms with Crippen molar-refractivity contribution in [2.24, 2.45) is 5.73 Å². The van der Waals surface area contributed by atoms with Crippen molar-refractivity contribution in [3.05, 3.63) is 18.3 Å². The highest BCUT2D eigenvalue weighted by atomic mass is 16.5. The molecule has 0 aliphatic carbocycles. The molecule has 8 heteroatoms.